The number of ether oxygens (including phenoxy) is 1. The Morgan fingerprint density at radius 3 is 2.41 bits per heavy atom. The van der Waals surface area contributed by atoms with Crippen molar-refractivity contribution in [3.63, 3.8) is 0 Å². The molecule has 1 spiro atoms. The molecule has 1 unspecified atom stereocenters. The van der Waals surface area contributed by atoms with Gasteiger partial charge in [-0.05, 0) is 43.0 Å². The van der Waals surface area contributed by atoms with E-state index in [1.165, 1.54) is 0 Å². The molecule has 51 heavy (non-hydrogen) atoms. The predicted molar refractivity (Wildman–Crippen MR) is 198 cm³/mol. The molecule has 1 amide bonds. The van der Waals surface area contributed by atoms with Crippen molar-refractivity contribution in [3.8, 4) is 39.4 Å². The Bertz CT molecular complexity index is 2210. The lowest BCUT2D eigenvalue weighted by molar-refractivity contribution is -0.131. The Morgan fingerprint density at radius 2 is 1.71 bits per heavy atom. The number of halogens is 2. The zero-order valence-electron chi connectivity index (χ0n) is 28.2. The number of rotatable bonds is 10. The van der Waals surface area contributed by atoms with Gasteiger partial charge < -0.3 is 20.5 Å². The molecule has 0 bridgehead atoms. The maximum atomic E-state index is 13.4. The molecule has 1 saturated carbocycles. The highest BCUT2D eigenvalue weighted by atomic mass is 35.5. The van der Waals surface area contributed by atoms with Crippen LogP contribution in [0.2, 0.25) is 10.0 Å². The topological polar surface area (TPSA) is 121 Å². The molecule has 8 rings (SSSR count). The Kier molecular flexibility index (Phi) is 9.06. The Morgan fingerprint density at radius 1 is 0.980 bits per heavy atom. The van der Waals surface area contributed by atoms with Crippen LogP contribution < -0.4 is 20.9 Å². The fourth-order valence-electron chi connectivity index (χ4n) is 7.89. The minimum absolute atomic E-state index is 0.0850. The number of benzene rings is 2. The number of carbonyl (C=O) groups is 1. The van der Waals surface area contributed by atoms with E-state index in [-0.39, 0.29) is 29.0 Å². The summed E-state index contributed by atoms with van der Waals surface area (Å²) in [5.74, 6) is 0.593. The van der Waals surface area contributed by atoms with Gasteiger partial charge >= 0.3 is 0 Å². The Labute approximate surface area is 305 Å². The van der Waals surface area contributed by atoms with Crippen LogP contribution in [0, 0.1) is 5.41 Å². The van der Waals surface area contributed by atoms with Crippen molar-refractivity contribution in [1.82, 2.24) is 29.9 Å². The van der Waals surface area contributed by atoms with Gasteiger partial charge in [0, 0.05) is 90.8 Å². The molecule has 5 heterocycles. The van der Waals surface area contributed by atoms with Crippen LogP contribution >= 0.6 is 23.2 Å². The fraction of sp³-hybridized carbons (Fsp3) is 0.333. The van der Waals surface area contributed by atoms with Gasteiger partial charge in [-0.3, -0.25) is 18.9 Å². The third-order valence-corrected chi connectivity index (χ3v) is 11.2. The number of aliphatic hydroxyl groups excluding tert-OH is 1. The summed E-state index contributed by atoms with van der Waals surface area (Å²) in [6.07, 6.45) is 6.36. The van der Waals surface area contributed by atoms with Crippen molar-refractivity contribution >= 4 is 34.8 Å². The first-order valence-corrected chi connectivity index (χ1v) is 18.0. The smallest absolute Gasteiger partial charge is 0.262 e. The van der Waals surface area contributed by atoms with Gasteiger partial charge in [0.15, 0.2) is 0 Å². The molecule has 12 heteroatoms. The predicted octanol–water partition coefficient (Wildman–Crippen LogP) is 5.73. The Balaban J connectivity index is 1.02. The number of aliphatic hydroxyl groups is 1. The van der Waals surface area contributed by atoms with Crippen molar-refractivity contribution in [2.45, 2.75) is 50.9 Å². The molecule has 2 aliphatic heterocycles. The van der Waals surface area contributed by atoms with E-state index in [2.05, 4.69) is 20.5 Å². The number of fused-ring (bicyclic) bond motifs is 1. The van der Waals surface area contributed by atoms with Gasteiger partial charge in [-0.15, -0.1) is 0 Å². The molecular weight excluding hydrogens is 687 g/mol. The lowest BCUT2D eigenvalue weighted by Crippen LogP contribution is -2.63. The van der Waals surface area contributed by atoms with Crippen LogP contribution in [0.1, 0.15) is 36.8 Å². The van der Waals surface area contributed by atoms with Crippen LogP contribution in [0.4, 0.5) is 0 Å². The number of hydrogen-bond donors (Lipinski definition) is 3. The molecule has 262 valence electrons. The third kappa shape index (κ3) is 6.51. The van der Waals surface area contributed by atoms with Crippen molar-refractivity contribution in [2.24, 2.45) is 5.41 Å². The van der Waals surface area contributed by atoms with E-state index in [1.807, 2.05) is 60.7 Å². The van der Waals surface area contributed by atoms with E-state index in [1.54, 1.807) is 23.9 Å². The summed E-state index contributed by atoms with van der Waals surface area (Å²) in [7, 11) is 1.60. The maximum absolute atomic E-state index is 13.4. The van der Waals surface area contributed by atoms with Gasteiger partial charge in [0.1, 0.15) is 5.65 Å². The molecule has 10 nitrogen and oxygen atoms in total. The molecule has 0 radical (unpaired) electrons. The zero-order chi connectivity index (χ0) is 35.3. The summed E-state index contributed by atoms with van der Waals surface area (Å²) in [5, 5.41) is 17.1. The van der Waals surface area contributed by atoms with E-state index in [9.17, 15) is 14.7 Å². The standard InChI is InChI=1S/C39H38Cl2N6O4/c1-51-37-24(17-42-19-26-9-11-34(49)44-26)8-10-32(45-37)31-7-3-6-30(36(31)41)29-5-2-4-28(35(29)40)23-12-13-47-33(14-23)43-18-25(38(47)50)20-46-21-39(22-46)15-27(48)16-39/h2-8,10,12-14,18,26-27,42,48H,9,11,15-17,19-22H2,1H3,(H,44,49). The van der Waals surface area contributed by atoms with Crippen molar-refractivity contribution in [1.29, 1.82) is 0 Å². The molecule has 3 fully saturated rings. The molecule has 3 aromatic heterocycles. The minimum atomic E-state index is -0.176. The molecular formula is C39H38Cl2N6O4. The fourth-order valence-corrected chi connectivity index (χ4v) is 8.55. The van der Waals surface area contributed by atoms with E-state index in [0.717, 1.165) is 65.7 Å². The van der Waals surface area contributed by atoms with Gasteiger partial charge in [-0.2, -0.15) is 0 Å². The van der Waals surface area contributed by atoms with Crippen LogP contribution in [0.25, 0.3) is 39.2 Å². The summed E-state index contributed by atoms with van der Waals surface area (Å²) in [4.78, 5) is 36.6. The van der Waals surface area contributed by atoms with E-state index in [4.69, 9.17) is 32.9 Å². The van der Waals surface area contributed by atoms with Gasteiger partial charge in [-0.25, -0.2) is 9.97 Å². The zero-order valence-corrected chi connectivity index (χ0v) is 29.7. The first-order valence-electron chi connectivity index (χ1n) is 17.2. The summed E-state index contributed by atoms with van der Waals surface area (Å²) in [5.41, 5.74) is 6.79. The second-order valence-electron chi connectivity index (χ2n) is 14.1. The quantitative estimate of drug-likeness (QED) is 0.167. The largest absolute Gasteiger partial charge is 0.481 e. The number of nitrogens with one attached hydrogen (secondary N) is 2. The second kappa shape index (κ2) is 13.7. The van der Waals surface area contributed by atoms with E-state index in [0.29, 0.717) is 58.9 Å². The van der Waals surface area contributed by atoms with Crippen molar-refractivity contribution in [2.75, 3.05) is 26.7 Å². The molecule has 1 aliphatic carbocycles. The van der Waals surface area contributed by atoms with E-state index >= 15 is 0 Å². The monoisotopic (exact) mass is 724 g/mol. The Hall–Kier alpha value is -4.32. The maximum Gasteiger partial charge on any atom is 0.262 e. The summed E-state index contributed by atoms with van der Waals surface area (Å²) >= 11 is 14.2. The lowest BCUT2D eigenvalue weighted by atomic mass is 9.62. The van der Waals surface area contributed by atoms with Gasteiger partial charge in [0.2, 0.25) is 11.8 Å². The first kappa shape index (κ1) is 33.8. The SMILES string of the molecule is COc1nc(-c2cccc(-c3cccc(-c4ccn5c(=O)c(CN6CC7(CC(O)C7)C6)cnc5c4)c3Cl)c2Cl)ccc1CNCC1CCC(=O)N1. The molecule has 2 saturated heterocycles. The van der Waals surface area contributed by atoms with E-state index < -0.39 is 0 Å². The highest BCUT2D eigenvalue weighted by molar-refractivity contribution is 6.39. The number of methoxy groups -OCH3 is 1. The number of hydrogen-bond acceptors (Lipinski definition) is 8. The van der Waals surface area contributed by atoms with Crippen molar-refractivity contribution in [3.05, 3.63) is 105 Å². The van der Waals surface area contributed by atoms with Crippen LogP contribution in [0.5, 0.6) is 5.88 Å². The average Bonchev–Trinajstić information content (AvgIpc) is 3.52. The molecule has 2 aromatic carbocycles. The molecule has 3 aliphatic rings. The van der Waals surface area contributed by atoms with Crippen molar-refractivity contribution < 1.29 is 14.6 Å². The number of nitrogens with zero attached hydrogens (tertiary/aromatic N) is 4. The normalized spacial score (nSPS) is 18.5. The number of likely N-dealkylation sites (tertiary alicyclic amines) is 1. The highest BCUT2D eigenvalue weighted by Gasteiger charge is 2.51. The number of amides is 1. The summed E-state index contributed by atoms with van der Waals surface area (Å²) in [6, 6.07) is 19.4. The third-order valence-electron chi connectivity index (χ3n) is 10.4. The van der Waals surface area contributed by atoms with Crippen LogP contribution in [0.3, 0.4) is 0 Å². The van der Waals surface area contributed by atoms with Gasteiger partial charge in [-0.1, -0.05) is 65.7 Å². The van der Waals surface area contributed by atoms with Gasteiger partial charge in [0.05, 0.1) is 34.5 Å². The second-order valence-corrected chi connectivity index (χ2v) is 14.8. The summed E-state index contributed by atoms with van der Waals surface area (Å²) in [6.45, 7) is 3.59. The first-order chi connectivity index (χ1) is 24.7. The summed E-state index contributed by atoms with van der Waals surface area (Å²) < 4.78 is 7.23. The number of aromatic nitrogens is 3. The average molecular weight is 726 g/mol. The van der Waals surface area contributed by atoms with Crippen LogP contribution in [-0.4, -0.2) is 69.2 Å². The lowest BCUT2D eigenvalue weighted by Gasteiger charge is -2.57. The number of pyridine rings is 2. The molecule has 5 aromatic rings. The number of carbonyl (C=O) groups excluding carboxylic acids is 1. The van der Waals surface area contributed by atoms with Crippen LogP contribution in [0.15, 0.2) is 77.9 Å². The molecule has 1 atom stereocenters. The highest BCUT2D eigenvalue weighted by Crippen LogP contribution is 2.48. The van der Waals surface area contributed by atoms with Gasteiger partial charge in [0.25, 0.3) is 5.56 Å². The minimum Gasteiger partial charge on any atom is -0.481 e. The molecule has 3 N–H and O–H groups in total. The van der Waals surface area contributed by atoms with Crippen LogP contribution in [-0.2, 0) is 17.9 Å².